The highest BCUT2D eigenvalue weighted by molar-refractivity contribution is 7.26. The highest BCUT2D eigenvalue weighted by atomic mass is 32.1. The molecule has 0 N–H and O–H groups in total. The molecule has 2 aromatic heterocycles. The van der Waals surface area contributed by atoms with Gasteiger partial charge in [0.2, 0.25) is 0 Å². The smallest absolute Gasteiger partial charge is 0.0719 e. The monoisotopic (exact) mass is 397 g/mol. The summed E-state index contributed by atoms with van der Waals surface area (Å²) in [6.07, 6.45) is 1.79. The van der Waals surface area contributed by atoms with Crippen molar-refractivity contribution in [3.05, 3.63) is 90.1 Å². The van der Waals surface area contributed by atoms with E-state index in [1.54, 1.807) is 29.7 Å². The Kier molecular flexibility index (Phi) is 3.46. The van der Waals surface area contributed by atoms with Crippen LogP contribution in [0.1, 0.15) is 36.4 Å². The Balaban J connectivity index is 1.62. The Morgan fingerprint density at radius 1 is 0.897 bits per heavy atom. The van der Waals surface area contributed by atoms with E-state index in [0.717, 1.165) is 27.9 Å². The summed E-state index contributed by atoms with van der Waals surface area (Å²) in [5.74, 6) is -0.685. The molecule has 0 unspecified atom stereocenters. The van der Waals surface area contributed by atoms with Crippen molar-refractivity contribution in [1.29, 1.82) is 0 Å². The predicted molar refractivity (Wildman–Crippen MR) is 127 cm³/mol. The van der Waals surface area contributed by atoms with Crippen molar-refractivity contribution in [3.63, 3.8) is 0 Å². The van der Waals surface area contributed by atoms with Crippen LogP contribution in [0.5, 0.6) is 0 Å². The van der Waals surface area contributed by atoms with Gasteiger partial charge in [-0.15, -0.1) is 11.3 Å². The Labute approximate surface area is 181 Å². The van der Waals surface area contributed by atoms with Gasteiger partial charge in [0.05, 0.1) is 5.69 Å². The Morgan fingerprint density at radius 3 is 2.52 bits per heavy atom. The molecule has 0 aliphatic carbocycles. The van der Waals surface area contributed by atoms with Gasteiger partial charge in [-0.2, -0.15) is 0 Å². The highest BCUT2D eigenvalue weighted by Gasteiger charge is 2.13. The number of nitrogens with zero attached hydrogens (tertiary/aromatic N) is 1. The van der Waals surface area contributed by atoms with Gasteiger partial charge in [-0.25, -0.2) is 0 Å². The van der Waals surface area contributed by atoms with Gasteiger partial charge in [0.25, 0.3) is 0 Å². The van der Waals surface area contributed by atoms with Gasteiger partial charge in [-0.1, -0.05) is 74.0 Å². The molecule has 0 spiro atoms. The number of aromatic nitrogens is 1. The van der Waals surface area contributed by atoms with Crippen molar-refractivity contribution in [3.8, 4) is 22.4 Å². The van der Waals surface area contributed by atoms with E-state index in [0.29, 0.717) is 5.56 Å². The first kappa shape index (κ1) is 14.1. The fourth-order valence-electron chi connectivity index (χ4n) is 3.73. The molecule has 0 saturated carbocycles. The minimum absolute atomic E-state index is 0.351. The summed E-state index contributed by atoms with van der Waals surface area (Å²) >= 11 is 1.74. The standard InChI is InChI=1S/C27H23NS/c1-17(2)20-13-14-28-25(15-20)24-6-4-5-23-22-12-11-21(16-26(22)29-27(23)24)19-9-7-18(3)8-10-19/h4-17H,1-3H3/i3D3,17D. The van der Waals surface area contributed by atoms with Gasteiger partial charge < -0.3 is 0 Å². The second-order valence-corrected chi connectivity index (χ2v) is 8.55. The Bertz CT molecular complexity index is 1470. The average molecular weight is 398 g/mol. The molecular weight excluding hydrogens is 370 g/mol. The SMILES string of the molecule is [2H]C([2H])([2H])c1ccc(-c2ccc3c(c2)sc2c(-c4cc(C([2H])(C)C)ccn4)cccc23)cc1. The van der Waals surface area contributed by atoms with Crippen LogP contribution in [-0.2, 0) is 0 Å². The molecule has 29 heavy (non-hydrogen) atoms. The summed E-state index contributed by atoms with van der Waals surface area (Å²) < 4.78 is 33.5. The lowest BCUT2D eigenvalue weighted by Crippen LogP contribution is -1.90. The number of fused-ring (bicyclic) bond motifs is 3. The van der Waals surface area contributed by atoms with E-state index in [1.807, 2.05) is 38.1 Å². The molecule has 0 saturated heterocycles. The number of hydrogen-bond donors (Lipinski definition) is 0. The molecule has 5 aromatic rings. The molecule has 0 radical (unpaired) electrons. The van der Waals surface area contributed by atoms with Crippen molar-refractivity contribution in [1.82, 2.24) is 4.98 Å². The summed E-state index contributed by atoms with van der Waals surface area (Å²) in [5, 5.41) is 2.38. The molecule has 3 aromatic carbocycles. The molecule has 0 bridgehead atoms. The maximum absolute atomic E-state index is 8.38. The van der Waals surface area contributed by atoms with Gasteiger partial charge in [0.15, 0.2) is 0 Å². The molecule has 2 heterocycles. The second-order valence-electron chi connectivity index (χ2n) is 7.50. The third-order valence-corrected chi connectivity index (χ3v) is 6.53. The van der Waals surface area contributed by atoms with Crippen LogP contribution in [0.2, 0.25) is 0 Å². The molecule has 0 aliphatic heterocycles. The van der Waals surface area contributed by atoms with Crippen LogP contribution in [-0.4, -0.2) is 4.98 Å². The quantitative estimate of drug-likeness (QED) is 0.299. The zero-order valence-corrected chi connectivity index (χ0v) is 17.2. The molecule has 0 atom stereocenters. The van der Waals surface area contributed by atoms with Crippen LogP contribution in [0.15, 0.2) is 79.0 Å². The third kappa shape index (κ3) is 3.24. The van der Waals surface area contributed by atoms with E-state index in [-0.39, 0.29) is 0 Å². The number of rotatable bonds is 3. The van der Waals surface area contributed by atoms with Crippen molar-refractivity contribution in [2.75, 3.05) is 0 Å². The van der Waals surface area contributed by atoms with Gasteiger partial charge in [-0.3, -0.25) is 4.98 Å². The molecule has 0 amide bonds. The normalized spacial score (nSPS) is 14.4. The molecule has 0 aliphatic rings. The Hall–Kier alpha value is -2.97. The lowest BCUT2D eigenvalue weighted by atomic mass is 10.00. The van der Waals surface area contributed by atoms with Crippen molar-refractivity contribution in [2.24, 2.45) is 0 Å². The van der Waals surface area contributed by atoms with Gasteiger partial charge in [-0.05, 0) is 47.6 Å². The van der Waals surface area contributed by atoms with Crippen molar-refractivity contribution >= 4 is 31.5 Å². The highest BCUT2D eigenvalue weighted by Crippen LogP contribution is 2.41. The van der Waals surface area contributed by atoms with E-state index in [1.165, 1.54) is 20.2 Å². The van der Waals surface area contributed by atoms with Crippen LogP contribution >= 0.6 is 11.3 Å². The Morgan fingerprint density at radius 2 is 1.72 bits per heavy atom. The zero-order valence-electron chi connectivity index (χ0n) is 20.4. The van der Waals surface area contributed by atoms with Gasteiger partial charge >= 0.3 is 0 Å². The lowest BCUT2D eigenvalue weighted by Gasteiger charge is -2.08. The van der Waals surface area contributed by atoms with Crippen molar-refractivity contribution in [2.45, 2.75) is 26.6 Å². The number of thiophene rings is 1. The van der Waals surface area contributed by atoms with Crippen LogP contribution in [0.4, 0.5) is 0 Å². The molecule has 5 rings (SSSR count). The summed E-state index contributed by atoms with van der Waals surface area (Å²) in [5.41, 5.74) is 5.30. The van der Waals surface area contributed by atoms with E-state index < -0.39 is 12.7 Å². The topological polar surface area (TPSA) is 12.9 Å². The van der Waals surface area contributed by atoms with Gasteiger partial charge in [0.1, 0.15) is 0 Å². The molecule has 0 fully saturated rings. The molecule has 142 valence electrons. The van der Waals surface area contributed by atoms with Crippen LogP contribution in [0, 0.1) is 6.85 Å². The lowest BCUT2D eigenvalue weighted by molar-refractivity contribution is 0.864. The third-order valence-electron chi connectivity index (χ3n) is 5.33. The number of benzene rings is 3. The maximum Gasteiger partial charge on any atom is 0.0719 e. The van der Waals surface area contributed by atoms with E-state index in [9.17, 15) is 0 Å². The number of pyridine rings is 1. The predicted octanol–water partition coefficient (Wildman–Crippen LogP) is 8.22. The van der Waals surface area contributed by atoms with Crippen LogP contribution in [0.25, 0.3) is 42.6 Å². The van der Waals surface area contributed by atoms with Crippen molar-refractivity contribution < 1.29 is 5.48 Å². The fourth-order valence-corrected chi connectivity index (χ4v) is 5.00. The molecule has 2 heteroatoms. The van der Waals surface area contributed by atoms with Crippen LogP contribution < -0.4 is 0 Å². The second kappa shape index (κ2) is 7.13. The average Bonchev–Trinajstić information content (AvgIpc) is 3.16. The summed E-state index contributed by atoms with van der Waals surface area (Å²) in [6.45, 7) is 1.68. The summed E-state index contributed by atoms with van der Waals surface area (Å²) in [6, 6.07) is 23.7. The van der Waals surface area contributed by atoms with Gasteiger partial charge in [0, 0.05) is 37.4 Å². The fraction of sp³-hybridized carbons (Fsp3) is 0.148. The largest absolute Gasteiger partial charge is 0.256 e. The summed E-state index contributed by atoms with van der Waals surface area (Å²) in [7, 11) is 0. The number of hydrogen-bond acceptors (Lipinski definition) is 2. The molecule has 1 nitrogen and oxygen atoms in total. The zero-order chi connectivity index (χ0) is 23.4. The van der Waals surface area contributed by atoms with E-state index >= 15 is 0 Å². The first-order valence-electron chi connectivity index (χ1n) is 11.6. The minimum atomic E-state index is -2.09. The van der Waals surface area contributed by atoms with E-state index in [2.05, 4.69) is 41.4 Å². The first-order chi connectivity index (χ1) is 15.6. The van der Waals surface area contributed by atoms with Crippen LogP contribution in [0.3, 0.4) is 0 Å². The van der Waals surface area contributed by atoms with E-state index in [4.69, 9.17) is 5.48 Å². The molecular formula is C27H23NS. The maximum atomic E-state index is 8.38. The minimum Gasteiger partial charge on any atom is -0.256 e. The summed E-state index contributed by atoms with van der Waals surface area (Å²) in [4.78, 5) is 4.61. The number of aryl methyl sites for hydroxylation is 1. The first-order valence-corrected chi connectivity index (χ1v) is 10.5.